The molecule has 0 spiro atoms. The van der Waals surface area contributed by atoms with Gasteiger partial charge in [0.25, 0.3) is 14.2 Å². The fourth-order valence-corrected chi connectivity index (χ4v) is 3.11. The third kappa shape index (κ3) is 3.27. The van der Waals surface area contributed by atoms with Gasteiger partial charge in [-0.15, -0.1) is 10.2 Å². The van der Waals surface area contributed by atoms with E-state index < -0.39 is 9.05 Å². The third-order valence-electron chi connectivity index (χ3n) is 3.23. The molecule has 0 saturated carbocycles. The van der Waals surface area contributed by atoms with Gasteiger partial charge in [-0.05, 0) is 25.3 Å². The largest absolute Gasteiger partial charge is 0.296 e. The van der Waals surface area contributed by atoms with Gasteiger partial charge in [0, 0.05) is 22.3 Å². The lowest BCUT2D eigenvalue weighted by molar-refractivity contribution is 0.530. The van der Waals surface area contributed by atoms with E-state index >= 15 is 0 Å². The molecule has 0 fully saturated rings. The first kappa shape index (κ1) is 16.0. The highest BCUT2D eigenvalue weighted by Gasteiger charge is 2.24. The average molecular weight is 328 g/mol. The van der Waals surface area contributed by atoms with E-state index in [2.05, 4.69) is 24.0 Å². The highest BCUT2D eigenvalue weighted by atomic mass is 35.7. The van der Waals surface area contributed by atoms with Gasteiger partial charge in [0.15, 0.2) is 5.82 Å². The highest BCUT2D eigenvalue weighted by molar-refractivity contribution is 8.13. The predicted octanol–water partition coefficient (Wildman–Crippen LogP) is 3.58. The Labute approximate surface area is 129 Å². The van der Waals surface area contributed by atoms with E-state index in [1.165, 1.54) is 10.1 Å². The lowest BCUT2D eigenvalue weighted by Crippen LogP contribution is -2.10. The second-order valence-corrected chi connectivity index (χ2v) is 7.94. The molecule has 1 aromatic heterocycles. The Balaban J connectivity index is 2.57. The number of nitrogens with zero attached hydrogens (tertiary/aromatic N) is 3. The van der Waals surface area contributed by atoms with Crippen LogP contribution < -0.4 is 0 Å². The van der Waals surface area contributed by atoms with Crippen molar-refractivity contribution >= 4 is 19.7 Å². The van der Waals surface area contributed by atoms with Crippen LogP contribution in [0.25, 0.3) is 11.4 Å². The molecule has 0 saturated heterocycles. The zero-order valence-electron chi connectivity index (χ0n) is 12.4. The van der Waals surface area contributed by atoms with E-state index in [-0.39, 0.29) is 11.2 Å². The van der Waals surface area contributed by atoms with E-state index in [4.69, 9.17) is 10.7 Å². The molecule has 2 aromatic rings. The number of aromatic nitrogens is 3. The van der Waals surface area contributed by atoms with Gasteiger partial charge >= 0.3 is 0 Å². The summed E-state index contributed by atoms with van der Waals surface area (Å²) in [7, 11) is 1.50. The summed E-state index contributed by atoms with van der Waals surface area (Å²) in [5.74, 6) is 0.931. The van der Waals surface area contributed by atoms with Crippen molar-refractivity contribution < 1.29 is 8.42 Å². The van der Waals surface area contributed by atoms with Crippen molar-refractivity contribution in [3.63, 3.8) is 0 Å². The van der Waals surface area contributed by atoms with Crippen molar-refractivity contribution in [1.82, 2.24) is 14.8 Å². The van der Waals surface area contributed by atoms with Crippen molar-refractivity contribution in [3.05, 3.63) is 29.8 Å². The van der Waals surface area contributed by atoms with Crippen molar-refractivity contribution in [3.8, 4) is 11.4 Å². The Hall–Kier alpha value is -1.40. The maximum absolute atomic E-state index is 11.6. The molecule has 0 atom stereocenters. The van der Waals surface area contributed by atoms with Crippen molar-refractivity contribution in [2.45, 2.75) is 44.8 Å². The molecule has 2 rings (SSSR count). The fraction of sp³-hybridized carbons (Fsp3) is 0.429. The summed E-state index contributed by atoms with van der Waals surface area (Å²) in [5, 5.41) is 7.51. The molecule has 1 aromatic carbocycles. The highest BCUT2D eigenvalue weighted by Crippen LogP contribution is 2.27. The van der Waals surface area contributed by atoms with Crippen LogP contribution in [0.3, 0.4) is 0 Å². The van der Waals surface area contributed by atoms with Gasteiger partial charge in [0.1, 0.15) is 0 Å². The fourth-order valence-electron chi connectivity index (χ4n) is 2.12. The molecule has 5 nitrogen and oxygen atoms in total. The van der Waals surface area contributed by atoms with Crippen LogP contribution in [0.5, 0.6) is 0 Å². The molecule has 1 heterocycles. The van der Waals surface area contributed by atoms with E-state index in [0.29, 0.717) is 11.7 Å². The van der Waals surface area contributed by atoms with Gasteiger partial charge in [0.2, 0.25) is 0 Å². The Kier molecular flexibility index (Phi) is 4.39. The molecule has 21 heavy (non-hydrogen) atoms. The van der Waals surface area contributed by atoms with E-state index in [0.717, 1.165) is 5.56 Å². The number of hydrogen-bond acceptors (Lipinski definition) is 4. The molecule has 0 bridgehead atoms. The minimum absolute atomic E-state index is 0.122. The summed E-state index contributed by atoms with van der Waals surface area (Å²) >= 11 is 0. The molecule has 0 amide bonds. The Morgan fingerprint density at radius 2 is 1.62 bits per heavy atom. The summed E-state index contributed by atoms with van der Waals surface area (Å²) < 4.78 is 24.7. The number of benzene rings is 1. The standard InChI is InChI=1S/C14H18ClN3O2S/c1-9(2)11-5-7-12(8-6-11)13-16-17-14(21(15,19)20)18(13)10(3)4/h5-10H,1-4H3. The summed E-state index contributed by atoms with van der Waals surface area (Å²) in [6.45, 7) is 7.95. The van der Waals surface area contributed by atoms with Gasteiger partial charge in [-0.1, -0.05) is 38.1 Å². The monoisotopic (exact) mass is 327 g/mol. The number of halogens is 1. The van der Waals surface area contributed by atoms with Crippen LogP contribution in [0, 0.1) is 0 Å². The van der Waals surface area contributed by atoms with Crippen molar-refractivity contribution in [2.75, 3.05) is 0 Å². The lowest BCUT2D eigenvalue weighted by atomic mass is 10.0. The molecular weight excluding hydrogens is 310 g/mol. The maximum Gasteiger partial charge on any atom is 0.296 e. The Morgan fingerprint density at radius 3 is 2.05 bits per heavy atom. The molecule has 0 aliphatic carbocycles. The van der Waals surface area contributed by atoms with Gasteiger partial charge < -0.3 is 0 Å². The summed E-state index contributed by atoms with van der Waals surface area (Å²) in [6.07, 6.45) is 0. The number of hydrogen-bond donors (Lipinski definition) is 0. The summed E-state index contributed by atoms with van der Waals surface area (Å²) in [4.78, 5) is 0. The first-order chi connectivity index (χ1) is 9.71. The summed E-state index contributed by atoms with van der Waals surface area (Å²) in [5.41, 5.74) is 2.02. The zero-order valence-corrected chi connectivity index (χ0v) is 14.0. The SMILES string of the molecule is CC(C)c1ccc(-c2nnc(S(=O)(=O)Cl)n2C(C)C)cc1. The van der Waals surface area contributed by atoms with Crippen LogP contribution in [0.4, 0.5) is 0 Å². The molecule has 0 aliphatic heterocycles. The van der Waals surface area contributed by atoms with Crippen LogP contribution in [0.15, 0.2) is 29.4 Å². The Bertz CT molecular complexity index is 734. The number of rotatable bonds is 4. The molecule has 0 N–H and O–H groups in total. The van der Waals surface area contributed by atoms with Gasteiger partial charge in [-0.25, -0.2) is 8.42 Å². The van der Waals surface area contributed by atoms with E-state index in [1.807, 2.05) is 38.1 Å². The predicted molar refractivity (Wildman–Crippen MR) is 83.0 cm³/mol. The van der Waals surface area contributed by atoms with E-state index in [1.54, 1.807) is 0 Å². The second kappa shape index (κ2) is 5.77. The molecule has 0 aliphatic rings. The van der Waals surface area contributed by atoms with Crippen molar-refractivity contribution in [1.29, 1.82) is 0 Å². The average Bonchev–Trinajstić information content (AvgIpc) is 2.83. The van der Waals surface area contributed by atoms with Crippen LogP contribution in [-0.2, 0) is 9.05 Å². The van der Waals surface area contributed by atoms with E-state index in [9.17, 15) is 8.42 Å². The molecule has 7 heteroatoms. The molecular formula is C14H18ClN3O2S. The van der Waals surface area contributed by atoms with Gasteiger partial charge in [-0.3, -0.25) is 4.57 Å². The van der Waals surface area contributed by atoms with Crippen LogP contribution in [0.1, 0.15) is 45.2 Å². The first-order valence-electron chi connectivity index (χ1n) is 6.71. The lowest BCUT2D eigenvalue weighted by Gasteiger charge is -2.13. The maximum atomic E-state index is 11.6. The minimum atomic E-state index is -3.93. The molecule has 114 valence electrons. The van der Waals surface area contributed by atoms with Gasteiger partial charge in [-0.2, -0.15) is 0 Å². The molecule has 0 radical (unpaired) electrons. The normalized spacial score (nSPS) is 12.3. The second-order valence-electron chi connectivity index (χ2n) is 5.48. The topological polar surface area (TPSA) is 64.8 Å². The Morgan fingerprint density at radius 1 is 1.05 bits per heavy atom. The quantitative estimate of drug-likeness (QED) is 0.805. The third-order valence-corrected chi connectivity index (χ3v) is 4.36. The first-order valence-corrected chi connectivity index (χ1v) is 9.02. The zero-order chi connectivity index (χ0) is 15.8. The van der Waals surface area contributed by atoms with Gasteiger partial charge in [0.05, 0.1) is 0 Å². The van der Waals surface area contributed by atoms with Crippen molar-refractivity contribution in [2.24, 2.45) is 0 Å². The van der Waals surface area contributed by atoms with Crippen LogP contribution >= 0.6 is 10.7 Å². The van der Waals surface area contributed by atoms with Crippen LogP contribution in [-0.4, -0.2) is 23.2 Å². The molecule has 0 unspecified atom stereocenters. The summed E-state index contributed by atoms with van der Waals surface area (Å²) in [6, 6.07) is 7.73. The van der Waals surface area contributed by atoms with Crippen LogP contribution in [0.2, 0.25) is 0 Å². The minimum Gasteiger partial charge on any atom is -0.294 e. The smallest absolute Gasteiger partial charge is 0.294 e.